The van der Waals surface area contributed by atoms with E-state index in [1.165, 1.54) is 12.8 Å². The van der Waals surface area contributed by atoms with Crippen LogP contribution in [0, 0.1) is 0 Å². The number of ether oxygens (including phenoxy) is 1. The van der Waals surface area contributed by atoms with Crippen molar-refractivity contribution >= 4 is 5.96 Å². The molecule has 2 atom stereocenters. The van der Waals surface area contributed by atoms with Crippen molar-refractivity contribution in [2.75, 3.05) is 26.2 Å². The second-order valence-electron chi connectivity index (χ2n) is 4.02. The number of rotatable bonds is 3. The van der Waals surface area contributed by atoms with Crippen molar-refractivity contribution in [3.63, 3.8) is 0 Å². The summed E-state index contributed by atoms with van der Waals surface area (Å²) in [5.74, 6) is 0.182. The molecule has 0 saturated carbocycles. The standard InChI is InChI=1S/C9H18N4O/c10-9(11)12-3-4-13-5-7-1-2-8(6-13)14-7/h7-8H,1-6H2,(H4,10,11,12). The maximum absolute atomic E-state index is 5.73. The number of aliphatic imine (C=N–C) groups is 1. The van der Waals surface area contributed by atoms with E-state index in [4.69, 9.17) is 16.2 Å². The summed E-state index contributed by atoms with van der Waals surface area (Å²) in [7, 11) is 0. The van der Waals surface area contributed by atoms with E-state index in [2.05, 4.69) is 9.89 Å². The van der Waals surface area contributed by atoms with Gasteiger partial charge in [0.2, 0.25) is 0 Å². The summed E-state index contributed by atoms with van der Waals surface area (Å²) in [6.07, 6.45) is 3.33. The van der Waals surface area contributed by atoms with E-state index in [1.54, 1.807) is 0 Å². The lowest BCUT2D eigenvalue weighted by atomic mass is 10.2. The smallest absolute Gasteiger partial charge is 0.185 e. The van der Waals surface area contributed by atoms with Gasteiger partial charge in [-0.2, -0.15) is 0 Å². The third kappa shape index (κ3) is 2.36. The average molecular weight is 198 g/mol. The van der Waals surface area contributed by atoms with Crippen LogP contribution in [0.15, 0.2) is 4.99 Å². The highest BCUT2D eigenvalue weighted by Gasteiger charge is 2.33. The summed E-state index contributed by atoms with van der Waals surface area (Å²) in [4.78, 5) is 6.37. The molecule has 2 aliphatic heterocycles. The van der Waals surface area contributed by atoms with Crippen molar-refractivity contribution in [3.05, 3.63) is 0 Å². The molecule has 0 spiro atoms. The lowest BCUT2D eigenvalue weighted by molar-refractivity contribution is -0.0370. The quantitative estimate of drug-likeness (QED) is 0.456. The normalized spacial score (nSPS) is 31.7. The summed E-state index contributed by atoms with van der Waals surface area (Å²) in [5.41, 5.74) is 10.5. The molecule has 2 fully saturated rings. The van der Waals surface area contributed by atoms with E-state index < -0.39 is 0 Å². The summed E-state index contributed by atoms with van der Waals surface area (Å²) in [6, 6.07) is 0. The van der Waals surface area contributed by atoms with Crippen LogP contribution in [0.3, 0.4) is 0 Å². The molecule has 80 valence electrons. The summed E-state index contributed by atoms with van der Waals surface area (Å²) in [6.45, 7) is 3.71. The van der Waals surface area contributed by atoms with Gasteiger partial charge in [0.05, 0.1) is 18.8 Å². The van der Waals surface area contributed by atoms with Crippen LogP contribution in [-0.4, -0.2) is 49.2 Å². The van der Waals surface area contributed by atoms with Crippen LogP contribution >= 0.6 is 0 Å². The molecule has 2 unspecified atom stereocenters. The third-order valence-electron chi connectivity index (χ3n) is 2.83. The Morgan fingerprint density at radius 2 is 1.93 bits per heavy atom. The van der Waals surface area contributed by atoms with Gasteiger partial charge in [-0.15, -0.1) is 0 Å². The molecular weight excluding hydrogens is 180 g/mol. The van der Waals surface area contributed by atoms with E-state index in [1.807, 2.05) is 0 Å². The lowest BCUT2D eigenvalue weighted by Crippen LogP contribution is -2.43. The fraction of sp³-hybridized carbons (Fsp3) is 0.889. The van der Waals surface area contributed by atoms with E-state index in [-0.39, 0.29) is 5.96 Å². The van der Waals surface area contributed by atoms with Crippen LogP contribution in [0.5, 0.6) is 0 Å². The summed E-state index contributed by atoms with van der Waals surface area (Å²) in [5, 5.41) is 0. The van der Waals surface area contributed by atoms with Crippen molar-refractivity contribution in [2.45, 2.75) is 25.0 Å². The van der Waals surface area contributed by atoms with Crippen LogP contribution in [0.4, 0.5) is 0 Å². The van der Waals surface area contributed by atoms with Crippen LogP contribution < -0.4 is 11.5 Å². The zero-order valence-electron chi connectivity index (χ0n) is 8.35. The zero-order valence-corrected chi connectivity index (χ0v) is 8.35. The summed E-state index contributed by atoms with van der Waals surface area (Å²) < 4.78 is 5.73. The second-order valence-corrected chi connectivity index (χ2v) is 4.02. The Bertz CT molecular complexity index is 215. The van der Waals surface area contributed by atoms with E-state index in [9.17, 15) is 0 Å². The minimum absolute atomic E-state index is 0.182. The SMILES string of the molecule is NC(N)=NCCN1CC2CCC(C1)O2. The van der Waals surface area contributed by atoms with Gasteiger partial charge >= 0.3 is 0 Å². The number of guanidine groups is 1. The molecular formula is C9H18N4O. The Labute approximate surface area is 84.1 Å². The number of hydrogen-bond acceptors (Lipinski definition) is 3. The number of hydrogen-bond donors (Lipinski definition) is 2. The van der Waals surface area contributed by atoms with Crippen molar-refractivity contribution in [3.8, 4) is 0 Å². The highest BCUT2D eigenvalue weighted by atomic mass is 16.5. The van der Waals surface area contributed by atoms with Gasteiger partial charge in [-0.25, -0.2) is 0 Å². The Balaban J connectivity index is 1.74. The van der Waals surface area contributed by atoms with Gasteiger partial charge < -0.3 is 16.2 Å². The Hall–Kier alpha value is -0.810. The van der Waals surface area contributed by atoms with Crippen molar-refractivity contribution in [1.82, 2.24) is 4.90 Å². The van der Waals surface area contributed by atoms with Crippen LogP contribution in [0.1, 0.15) is 12.8 Å². The van der Waals surface area contributed by atoms with E-state index in [0.29, 0.717) is 18.8 Å². The predicted octanol–water partition coefficient (Wildman–Crippen LogP) is -0.877. The third-order valence-corrected chi connectivity index (χ3v) is 2.83. The molecule has 0 aromatic heterocycles. The minimum atomic E-state index is 0.182. The molecule has 0 radical (unpaired) electrons. The van der Waals surface area contributed by atoms with Crippen LogP contribution in [0.2, 0.25) is 0 Å². The maximum Gasteiger partial charge on any atom is 0.185 e. The molecule has 2 bridgehead atoms. The number of likely N-dealkylation sites (tertiary alicyclic amines) is 1. The number of fused-ring (bicyclic) bond motifs is 2. The monoisotopic (exact) mass is 198 g/mol. The molecule has 5 nitrogen and oxygen atoms in total. The topological polar surface area (TPSA) is 76.9 Å². The first-order valence-corrected chi connectivity index (χ1v) is 5.17. The van der Waals surface area contributed by atoms with Crippen LogP contribution in [0.25, 0.3) is 0 Å². The molecule has 4 N–H and O–H groups in total. The van der Waals surface area contributed by atoms with Crippen molar-refractivity contribution < 1.29 is 4.74 Å². The largest absolute Gasteiger partial charge is 0.372 e. The van der Waals surface area contributed by atoms with E-state index in [0.717, 1.165) is 19.6 Å². The first kappa shape index (κ1) is 9.73. The first-order chi connectivity index (χ1) is 6.74. The molecule has 0 aromatic rings. The van der Waals surface area contributed by atoms with Gasteiger partial charge in [-0.3, -0.25) is 9.89 Å². The van der Waals surface area contributed by atoms with Gasteiger partial charge in [0.1, 0.15) is 0 Å². The molecule has 0 amide bonds. The molecule has 2 heterocycles. The fourth-order valence-corrected chi connectivity index (χ4v) is 2.20. The van der Waals surface area contributed by atoms with Crippen molar-refractivity contribution in [1.29, 1.82) is 0 Å². The second kappa shape index (κ2) is 4.14. The minimum Gasteiger partial charge on any atom is -0.372 e. The Morgan fingerprint density at radius 1 is 1.29 bits per heavy atom. The Kier molecular flexibility index (Phi) is 2.88. The van der Waals surface area contributed by atoms with Gasteiger partial charge in [0.25, 0.3) is 0 Å². The first-order valence-electron chi connectivity index (χ1n) is 5.17. The zero-order chi connectivity index (χ0) is 9.97. The number of nitrogens with zero attached hydrogens (tertiary/aromatic N) is 2. The van der Waals surface area contributed by atoms with Gasteiger partial charge in [-0.05, 0) is 12.8 Å². The lowest BCUT2D eigenvalue weighted by Gasteiger charge is -2.31. The fourth-order valence-electron chi connectivity index (χ4n) is 2.20. The highest BCUT2D eigenvalue weighted by Crippen LogP contribution is 2.25. The predicted molar refractivity (Wildman–Crippen MR) is 55.0 cm³/mol. The van der Waals surface area contributed by atoms with Crippen molar-refractivity contribution in [2.24, 2.45) is 16.5 Å². The highest BCUT2D eigenvalue weighted by molar-refractivity contribution is 5.75. The van der Waals surface area contributed by atoms with Crippen LogP contribution in [-0.2, 0) is 4.74 Å². The average Bonchev–Trinajstić information content (AvgIpc) is 2.45. The molecule has 2 saturated heterocycles. The van der Waals surface area contributed by atoms with Gasteiger partial charge in [0.15, 0.2) is 5.96 Å². The molecule has 14 heavy (non-hydrogen) atoms. The summed E-state index contributed by atoms with van der Waals surface area (Å²) >= 11 is 0. The molecule has 5 heteroatoms. The maximum atomic E-state index is 5.73. The van der Waals surface area contributed by atoms with Gasteiger partial charge in [0, 0.05) is 19.6 Å². The van der Waals surface area contributed by atoms with E-state index >= 15 is 0 Å². The molecule has 2 rings (SSSR count). The molecule has 0 aromatic carbocycles. The van der Waals surface area contributed by atoms with Gasteiger partial charge in [-0.1, -0.05) is 0 Å². The molecule has 2 aliphatic rings. The Morgan fingerprint density at radius 3 is 2.50 bits per heavy atom. The number of nitrogens with two attached hydrogens (primary N) is 2. The number of morpholine rings is 1. The molecule has 0 aliphatic carbocycles.